The fraction of sp³-hybridized carbons (Fsp3) is 1.00. The maximum atomic E-state index is 3.16. The van der Waals surface area contributed by atoms with Crippen molar-refractivity contribution in [2.75, 3.05) is 6.54 Å². The van der Waals surface area contributed by atoms with Gasteiger partial charge in [-0.1, -0.05) is 13.3 Å². The Bertz CT molecular complexity index is 74.9. The summed E-state index contributed by atoms with van der Waals surface area (Å²) in [7, 11) is 0. The third-order valence-electron chi connectivity index (χ3n) is 1.93. The van der Waals surface area contributed by atoms with Gasteiger partial charge in [-0.05, 0) is 18.3 Å². The lowest BCUT2D eigenvalue weighted by molar-refractivity contribution is 0.678. The molecule has 0 spiro atoms. The van der Waals surface area contributed by atoms with Gasteiger partial charge in [-0.15, -0.1) is 0 Å². The van der Waals surface area contributed by atoms with Crippen molar-refractivity contribution in [3.8, 4) is 0 Å². The van der Waals surface area contributed by atoms with Gasteiger partial charge < -0.3 is 0 Å². The van der Waals surface area contributed by atoms with Gasteiger partial charge in [0.05, 0.1) is 0 Å². The second kappa shape index (κ2) is 3.01. The zero-order valence-corrected chi connectivity index (χ0v) is 7.31. The molecule has 2 atom stereocenters. The molecule has 0 radical (unpaired) electrons. The predicted molar refractivity (Wildman–Crippen MR) is 43.9 cm³/mol. The summed E-state index contributed by atoms with van der Waals surface area (Å²) in [6, 6.07) is 0. The largest absolute Gasteiger partial charge is 0.261 e. The molecule has 1 aliphatic rings. The van der Waals surface area contributed by atoms with Gasteiger partial charge in [0.1, 0.15) is 0 Å². The van der Waals surface area contributed by atoms with E-state index < -0.39 is 0 Å². The molecular weight excluding hydrogens is 213 g/mol. The van der Waals surface area contributed by atoms with Crippen molar-refractivity contribution in [2.24, 2.45) is 11.8 Å². The van der Waals surface area contributed by atoms with Gasteiger partial charge in [-0.3, -0.25) is 3.53 Å². The normalized spacial score (nSPS) is 35.2. The first-order valence-electron chi connectivity index (χ1n) is 3.22. The van der Waals surface area contributed by atoms with Crippen LogP contribution in [-0.4, -0.2) is 6.54 Å². The van der Waals surface area contributed by atoms with Crippen LogP contribution < -0.4 is 3.53 Å². The average Bonchev–Trinajstić information content (AvgIpc) is 2.48. The molecule has 0 bridgehead atoms. The third-order valence-corrected chi connectivity index (χ3v) is 2.37. The van der Waals surface area contributed by atoms with Gasteiger partial charge in [-0.2, -0.15) is 0 Å². The van der Waals surface area contributed by atoms with E-state index in [-0.39, 0.29) is 0 Å². The highest BCUT2D eigenvalue weighted by atomic mass is 127. The molecule has 2 heteroatoms. The van der Waals surface area contributed by atoms with E-state index in [1.54, 1.807) is 0 Å². The molecule has 1 rings (SSSR count). The van der Waals surface area contributed by atoms with Crippen LogP contribution in [0, 0.1) is 11.8 Å². The van der Waals surface area contributed by atoms with Crippen LogP contribution >= 0.6 is 22.9 Å². The van der Waals surface area contributed by atoms with Crippen LogP contribution in [0.5, 0.6) is 0 Å². The van der Waals surface area contributed by atoms with E-state index in [9.17, 15) is 0 Å². The highest BCUT2D eigenvalue weighted by molar-refractivity contribution is 14.1. The minimum atomic E-state index is 1.01. The van der Waals surface area contributed by atoms with Gasteiger partial charge in [0.2, 0.25) is 0 Å². The molecule has 0 heterocycles. The van der Waals surface area contributed by atoms with Gasteiger partial charge in [0.25, 0.3) is 0 Å². The van der Waals surface area contributed by atoms with Crippen LogP contribution in [-0.2, 0) is 0 Å². The predicted octanol–water partition coefficient (Wildman–Crippen LogP) is 1.97. The molecule has 0 aromatic heterocycles. The molecule has 0 saturated heterocycles. The van der Waals surface area contributed by atoms with Crippen molar-refractivity contribution in [1.82, 2.24) is 3.53 Å². The van der Waals surface area contributed by atoms with Crippen LogP contribution in [0.15, 0.2) is 0 Å². The van der Waals surface area contributed by atoms with Gasteiger partial charge in [0, 0.05) is 29.4 Å². The SMILES string of the molecule is CCC1CC1CNI. The number of nitrogens with one attached hydrogen (secondary N) is 1. The van der Waals surface area contributed by atoms with E-state index in [1.165, 1.54) is 19.4 Å². The standard InChI is InChI=1S/C6H12IN/c1-2-5-3-6(5)4-8-7/h5-6,8H,2-4H2,1H3. The van der Waals surface area contributed by atoms with Crippen LogP contribution in [0.25, 0.3) is 0 Å². The molecule has 0 amide bonds. The molecule has 1 aliphatic carbocycles. The summed E-state index contributed by atoms with van der Waals surface area (Å²) in [6.45, 7) is 3.50. The summed E-state index contributed by atoms with van der Waals surface area (Å²) >= 11 is 2.22. The first-order chi connectivity index (χ1) is 3.88. The fourth-order valence-corrected chi connectivity index (χ4v) is 1.73. The molecule has 48 valence electrons. The second-order valence-electron chi connectivity index (χ2n) is 2.50. The van der Waals surface area contributed by atoms with Crippen LogP contribution in [0.4, 0.5) is 0 Å². The average molecular weight is 225 g/mol. The lowest BCUT2D eigenvalue weighted by Crippen LogP contribution is -2.02. The first-order valence-corrected chi connectivity index (χ1v) is 4.29. The highest BCUT2D eigenvalue weighted by Gasteiger charge is 2.34. The Hall–Kier alpha value is 0.690. The van der Waals surface area contributed by atoms with E-state index in [4.69, 9.17) is 0 Å². The molecule has 1 saturated carbocycles. The molecular formula is C6H12IN. The van der Waals surface area contributed by atoms with E-state index in [2.05, 4.69) is 33.3 Å². The Kier molecular flexibility index (Phi) is 2.56. The smallest absolute Gasteiger partial charge is 0.0169 e. The van der Waals surface area contributed by atoms with E-state index >= 15 is 0 Å². The number of halogens is 1. The van der Waals surface area contributed by atoms with E-state index in [1.807, 2.05) is 0 Å². The summed E-state index contributed by atoms with van der Waals surface area (Å²) in [4.78, 5) is 0. The van der Waals surface area contributed by atoms with E-state index in [0.29, 0.717) is 0 Å². The first kappa shape index (κ1) is 6.81. The molecule has 1 N–H and O–H groups in total. The van der Waals surface area contributed by atoms with Crippen molar-refractivity contribution in [3.63, 3.8) is 0 Å². The van der Waals surface area contributed by atoms with Crippen LogP contribution in [0.2, 0.25) is 0 Å². The van der Waals surface area contributed by atoms with Crippen molar-refractivity contribution < 1.29 is 0 Å². The number of hydrogen-bond acceptors (Lipinski definition) is 1. The molecule has 0 aromatic carbocycles. The molecule has 0 aliphatic heterocycles. The molecule has 0 aromatic rings. The minimum Gasteiger partial charge on any atom is -0.261 e. The zero-order valence-electron chi connectivity index (χ0n) is 5.15. The summed E-state index contributed by atoms with van der Waals surface area (Å²) in [5.74, 6) is 2.06. The number of hydrogen-bond donors (Lipinski definition) is 1. The van der Waals surface area contributed by atoms with Crippen molar-refractivity contribution >= 4 is 22.9 Å². The van der Waals surface area contributed by atoms with Crippen LogP contribution in [0.3, 0.4) is 0 Å². The number of rotatable bonds is 3. The van der Waals surface area contributed by atoms with Crippen molar-refractivity contribution in [3.05, 3.63) is 0 Å². The lowest BCUT2D eigenvalue weighted by Gasteiger charge is -1.91. The Morgan fingerprint density at radius 2 is 2.38 bits per heavy atom. The summed E-state index contributed by atoms with van der Waals surface area (Å²) < 4.78 is 3.16. The van der Waals surface area contributed by atoms with E-state index in [0.717, 1.165) is 11.8 Å². The minimum absolute atomic E-state index is 1.01. The summed E-state index contributed by atoms with van der Waals surface area (Å²) in [5.41, 5.74) is 0. The molecule has 1 fully saturated rings. The zero-order chi connectivity index (χ0) is 5.98. The monoisotopic (exact) mass is 225 g/mol. The fourth-order valence-electron chi connectivity index (χ4n) is 1.16. The maximum absolute atomic E-state index is 3.16. The highest BCUT2D eigenvalue weighted by Crippen LogP contribution is 2.40. The molecule has 1 nitrogen and oxygen atoms in total. The van der Waals surface area contributed by atoms with Crippen LogP contribution in [0.1, 0.15) is 19.8 Å². The van der Waals surface area contributed by atoms with Gasteiger partial charge in [0.15, 0.2) is 0 Å². The molecule has 8 heavy (non-hydrogen) atoms. The van der Waals surface area contributed by atoms with Crippen molar-refractivity contribution in [2.45, 2.75) is 19.8 Å². The second-order valence-corrected chi connectivity index (χ2v) is 3.26. The summed E-state index contributed by atoms with van der Waals surface area (Å²) in [6.07, 6.45) is 2.84. The Labute approximate surface area is 64.7 Å². The third kappa shape index (κ3) is 1.58. The lowest BCUT2D eigenvalue weighted by atomic mass is 10.3. The Morgan fingerprint density at radius 1 is 1.62 bits per heavy atom. The van der Waals surface area contributed by atoms with Gasteiger partial charge >= 0.3 is 0 Å². The Morgan fingerprint density at radius 3 is 2.75 bits per heavy atom. The molecule has 2 unspecified atom stereocenters. The topological polar surface area (TPSA) is 12.0 Å². The Balaban J connectivity index is 1.99. The van der Waals surface area contributed by atoms with Gasteiger partial charge in [-0.25, -0.2) is 0 Å². The maximum Gasteiger partial charge on any atom is 0.0169 e. The summed E-state index contributed by atoms with van der Waals surface area (Å²) in [5, 5.41) is 0. The quantitative estimate of drug-likeness (QED) is 0.572. The van der Waals surface area contributed by atoms with Crippen molar-refractivity contribution in [1.29, 1.82) is 0 Å².